The zero-order chi connectivity index (χ0) is 7.95. The summed E-state index contributed by atoms with van der Waals surface area (Å²) in [6.45, 7) is 0.353. The van der Waals surface area contributed by atoms with E-state index in [1.54, 1.807) is 0 Å². The van der Waals surface area contributed by atoms with Crippen LogP contribution in [0.1, 0.15) is 38.5 Å². The van der Waals surface area contributed by atoms with E-state index in [1.807, 2.05) is 0 Å². The van der Waals surface area contributed by atoms with Gasteiger partial charge in [-0.1, -0.05) is 6.42 Å². The lowest BCUT2D eigenvalue weighted by molar-refractivity contribution is 0.0916. The van der Waals surface area contributed by atoms with Gasteiger partial charge in [-0.3, -0.25) is 0 Å². The average molecular weight is 155 g/mol. The molecule has 11 heavy (non-hydrogen) atoms. The second-order valence-corrected chi connectivity index (χ2v) is 4.55. The minimum absolute atomic E-state index is 0.0982. The van der Waals surface area contributed by atoms with Crippen LogP contribution in [0.3, 0.4) is 0 Å². The number of fused-ring (bicyclic) bond motifs is 2. The van der Waals surface area contributed by atoms with Gasteiger partial charge in [0, 0.05) is 12.1 Å². The maximum Gasteiger partial charge on any atom is 0.0488 e. The Morgan fingerprint density at radius 3 is 2.64 bits per heavy atom. The van der Waals surface area contributed by atoms with Crippen LogP contribution in [-0.2, 0) is 0 Å². The molecule has 0 saturated heterocycles. The van der Waals surface area contributed by atoms with Crippen molar-refractivity contribution >= 4 is 0 Å². The Bertz CT molecular complexity index is 171. The van der Waals surface area contributed by atoms with Gasteiger partial charge in [-0.15, -0.1) is 0 Å². The molecular weight excluding hydrogens is 138 g/mol. The van der Waals surface area contributed by atoms with E-state index in [0.717, 1.165) is 19.3 Å². The quantitative estimate of drug-likeness (QED) is 0.594. The molecule has 2 fully saturated rings. The summed E-state index contributed by atoms with van der Waals surface area (Å²) < 4.78 is 0. The minimum Gasteiger partial charge on any atom is -0.396 e. The smallest absolute Gasteiger partial charge is 0.0488 e. The molecule has 0 spiro atoms. The predicted molar refractivity (Wildman–Crippen MR) is 44.1 cm³/mol. The molecule has 2 nitrogen and oxygen atoms in total. The average Bonchev–Trinajstić information content (AvgIpc) is 2.24. The fourth-order valence-electron chi connectivity index (χ4n) is 2.89. The highest BCUT2D eigenvalue weighted by atomic mass is 16.3. The van der Waals surface area contributed by atoms with Crippen molar-refractivity contribution in [3.05, 3.63) is 0 Å². The van der Waals surface area contributed by atoms with Crippen molar-refractivity contribution in [2.24, 2.45) is 11.1 Å². The Hall–Kier alpha value is -0.0800. The van der Waals surface area contributed by atoms with Gasteiger partial charge in [0.1, 0.15) is 0 Å². The first kappa shape index (κ1) is 7.56. The first-order valence-corrected chi connectivity index (χ1v) is 4.58. The normalized spacial score (nSPS) is 49.6. The largest absolute Gasteiger partial charge is 0.396 e. The molecule has 0 radical (unpaired) electrons. The second-order valence-electron chi connectivity index (χ2n) is 4.55. The maximum absolute atomic E-state index is 9.23. The lowest BCUT2D eigenvalue weighted by Gasteiger charge is -2.35. The van der Waals surface area contributed by atoms with Crippen LogP contribution in [0.2, 0.25) is 0 Å². The van der Waals surface area contributed by atoms with E-state index >= 15 is 0 Å². The van der Waals surface area contributed by atoms with Crippen LogP contribution in [0, 0.1) is 5.41 Å². The third-order valence-corrected chi connectivity index (χ3v) is 3.60. The van der Waals surface area contributed by atoms with Gasteiger partial charge >= 0.3 is 0 Å². The molecule has 0 amide bonds. The molecule has 3 N–H and O–H groups in total. The SMILES string of the molecule is N[C@@]12CCC[C@@](CO)(CC1)C2. The minimum atomic E-state index is 0.0982. The zero-order valence-electron chi connectivity index (χ0n) is 6.97. The summed E-state index contributed by atoms with van der Waals surface area (Å²) in [4.78, 5) is 0. The van der Waals surface area contributed by atoms with E-state index in [9.17, 15) is 5.11 Å². The fourth-order valence-corrected chi connectivity index (χ4v) is 2.89. The van der Waals surface area contributed by atoms with Crippen LogP contribution in [0.5, 0.6) is 0 Å². The highest BCUT2D eigenvalue weighted by Crippen LogP contribution is 2.51. The maximum atomic E-state index is 9.23. The number of aliphatic hydroxyl groups excluding tert-OH is 1. The standard InChI is InChI=1S/C9H17NO/c10-9-3-1-2-8(6-9,7-11)4-5-9/h11H,1-7,10H2/t8-,9+/m1/s1. The Morgan fingerprint density at radius 1 is 1.18 bits per heavy atom. The van der Waals surface area contributed by atoms with E-state index in [-0.39, 0.29) is 11.0 Å². The van der Waals surface area contributed by atoms with Gasteiger partial charge in [0.25, 0.3) is 0 Å². The van der Waals surface area contributed by atoms with Crippen molar-refractivity contribution in [1.29, 1.82) is 0 Å². The molecular formula is C9H17NO. The molecule has 0 heterocycles. The van der Waals surface area contributed by atoms with Gasteiger partial charge in [-0.05, 0) is 37.5 Å². The summed E-state index contributed by atoms with van der Waals surface area (Å²) in [6.07, 6.45) is 6.94. The molecule has 0 unspecified atom stereocenters. The molecule has 0 aromatic rings. The van der Waals surface area contributed by atoms with Gasteiger partial charge in [0.2, 0.25) is 0 Å². The van der Waals surface area contributed by atoms with E-state index in [1.165, 1.54) is 19.3 Å². The van der Waals surface area contributed by atoms with Crippen molar-refractivity contribution in [1.82, 2.24) is 0 Å². The van der Waals surface area contributed by atoms with Crippen LogP contribution in [0.4, 0.5) is 0 Å². The number of nitrogens with two attached hydrogens (primary N) is 1. The molecule has 2 aliphatic carbocycles. The molecule has 2 atom stereocenters. The summed E-state index contributed by atoms with van der Waals surface area (Å²) in [5.41, 5.74) is 6.48. The van der Waals surface area contributed by atoms with Gasteiger partial charge < -0.3 is 10.8 Å². The fraction of sp³-hybridized carbons (Fsp3) is 1.00. The number of rotatable bonds is 1. The summed E-state index contributed by atoms with van der Waals surface area (Å²) in [5, 5.41) is 9.23. The van der Waals surface area contributed by atoms with Gasteiger partial charge in [-0.25, -0.2) is 0 Å². The summed E-state index contributed by atoms with van der Waals surface area (Å²) in [5.74, 6) is 0. The third kappa shape index (κ3) is 1.09. The first-order chi connectivity index (χ1) is 5.18. The highest BCUT2D eigenvalue weighted by molar-refractivity contribution is 5.04. The zero-order valence-corrected chi connectivity index (χ0v) is 6.97. The van der Waals surface area contributed by atoms with Crippen LogP contribution in [0.15, 0.2) is 0 Å². The molecule has 64 valence electrons. The van der Waals surface area contributed by atoms with E-state index in [0.29, 0.717) is 6.61 Å². The Balaban J connectivity index is 2.17. The Labute approximate surface area is 67.8 Å². The molecule has 0 aliphatic heterocycles. The third-order valence-electron chi connectivity index (χ3n) is 3.60. The van der Waals surface area contributed by atoms with Gasteiger partial charge in [0.05, 0.1) is 0 Å². The van der Waals surface area contributed by atoms with Crippen LogP contribution in [0.25, 0.3) is 0 Å². The summed E-state index contributed by atoms with van der Waals surface area (Å²) in [7, 11) is 0. The summed E-state index contributed by atoms with van der Waals surface area (Å²) >= 11 is 0. The molecule has 2 bridgehead atoms. The second kappa shape index (κ2) is 2.20. The molecule has 2 rings (SSSR count). The van der Waals surface area contributed by atoms with Crippen LogP contribution < -0.4 is 5.73 Å². The monoisotopic (exact) mass is 155 g/mol. The van der Waals surface area contributed by atoms with E-state index in [4.69, 9.17) is 5.73 Å². The number of aliphatic hydroxyl groups is 1. The first-order valence-electron chi connectivity index (χ1n) is 4.58. The molecule has 2 heteroatoms. The number of hydrogen-bond acceptors (Lipinski definition) is 2. The van der Waals surface area contributed by atoms with Crippen molar-refractivity contribution in [2.75, 3.05) is 6.61 Å². The van der Waals surface area contributed by atoms with Crippen molar-refractivity contribution in [3.8, 4) is 0 Å². The lowest BCUT2D eigenvalue weighted by Crippen LogP contribution is -2.42. The topological polar surface area (TPSA) is 46.2 Å². The Morgan fingerprint density at radius 2 is 2.00 bits per heavy atom. The highest BCUT2D eigenvalue weighted by Gasteiger charge is 2.48. The van der Waals surface area contributed by atoms with Crippen LogP contribution in [-0.4, -0.2) is 17.3 Å². The van der Waals surface area contributed by atoms with E-state index < -0.39 is 0 Å². The van der Waals surface area contributed by atoms with Crippen LogP contribution >= 0.6 is 0 Å². The molecule has 2 aliphatic rings. The Kier molecular flexibility index (Phi) is 1.52. The molecule has 0 aromatic carbocycles. The van der Waals surface area contributed by atoms with Crippen molar-refractivity contribution in [3.63, 3.8) is 0 Å². The number of hydrogen-bond donors (Lipinski definition) is 2. The molecule has 2 saturated carbocycles. The van der Waals surface area contributed by atoms with E-state index in [2.05, 4.69) is 0 Å². The predicted octanol–water partition coefficient (Wildman–Crippen LogP) is 1.03. The molecule has 0 aromatic heterocycles. The lowest BCUT2D eigenvalue weighted by atomic mass is 9.74. The summed E-state index contributed by atoms with van der Waals surface area (Å²) in [6, 6.07) is 0. The van der Waals surface area contributed by atoms with Crippen molar-refractivity contribution < 1.29 is 5.11 Å². The van der Waals surface area contributed by atoms with Gasteiger partial charge in [-0.2, -0.15) is 0 Å². The van der Waals surface area contributed by atoms with Crippen molar-refractivity contribution in [2.45, 2.75) is 44.1 Å². The van der Waals surface area contributed by atoms with Gasteiger partial charge in [0.15, 0.2) is 0 Å².